The largest absolute Gasteiger partial charge is 0.457 e. The summed E-state index contributed by atoms with van der Waals surface area (Å²) in [5, 5.41) is 2.29. The summed E-state index contributed by atoms with van der Waals surface area (Å²) in [5.74, 6) is 3.47. The minimum Gasteiger partial charge on any atom is -0.457 e. The van der Waals surface area contributed by atoms with Gasteiger partial charge in [-0.2, -0.15) is 0 Å². The molecule has 0 saturated heterocycles. The van der Waals surface area contributed by atoms with Crippen molar-refractivity contribution in [2.75, 3.05) is 0 Å². The lowest BCUT2D eigenvalue weighted by Crippen LogP contribution is -2.32. The van der Waals surface area contributed by atoms with Crippen LogP contribution in [0.3, 0.4) is 0 Å². The Kier molecular flexibility index (Phi) is 7.07. The van der Waals surface area contributed by atoms with Crippen LogP contribution in [0.25, 0.3) is 72.0 Å². The number of hydrogen-bond acceptors (Lipinski definition) is 4. The first-order chi connectivity index (χ1) is 27.7. The van der Waals surface area contributed by atoms with E-state index in [9.17, 15) is 0 Å². The number of fused-ring (bicyclic) bond motifs is 10. The van der Waals surface area contributed by atoms with E-state index in [1.54, 1.807) is 0 Å². The van der Waals surface area contributed by atoms with Crippen LogP contribution in [0.15, 0.2) is 182 Å². The standard InChI is InChI=1S/C51H30N4O/c1-52-39-25-21-33(22-26-39)36-24-28-47-45(30-36)51(43-17-9-10-18-46(43)56-47)42-16-8-7-15-40(42)41-27-23-38(31-44(41)51)50-54-48(34-12-3-2-4-13-34)53-49(55-50)37-20-19-32-11-5-6-14-35(32)29-37/h2-31H. The highest BCUT2D eigenvalue weighted by atomic mass is 16.5. The minimum absolute atomic E-state index is 0.602. The molecule has 0 bridgehead atoms. The zero-order valence-electron chi connectivity index (χ0n) is 30.0. The number of para-hydroxylation sites is 1. The molecule has 8 aromatic carbocycles. The fourth-order valence-electron chi connectivity index (χ4n) is 8.63. The van der Waals surface area contributed by atoms with Crippen molar-refractivity contribution >= 4 is 16.5 Å². The summed E-state index contributed by atoms with van der Waals surface area (Å²) in [6, 6.07) is 62.9. The fraction of sp³-hybridized carbons (Fsp3) is 0.0196. The molecular weight excluding hydrogens is 685 g/mol. The van der Waals surface area contributed by atoms with Crippen LogP contribution in [0.2, 0.25) is 0 Å². The molecule has 5 nitrogen and oxygen atoms in total. The Bertz CT molecular complexity index is 3080. The highest BCUT2D eigenvalue weighted by Gasteiger charge is 2.51. The van der Waals surface area contributed by atoms with Crippen LogP contribution in [0, 0.1) is 6.57 Å². The molecule has 9 aromatic rings. The highest BCUT2D eigenvalue weighted by molar-refractivity contribution is 5.91. The minimum atomic E-state index is -0.699. The molecule has 2 heterocycles. The molecular formula is C51H30N4O. The molecule has 0 fully saturated rings. The average molecular weight is 715 g/mol. The molecule has 1 atom stereocenters. The molecule has 1 aliphatic carbocycles. The molecule has 5 heteroatoms. The van der Waals surface area contributed by atoms with E-state index in [2.05, 4.69) is 126 Å². The van der Waals surface area contributed by atoms with Gasteiger partial charge in [0.05, 0.1) is 12.0 Å². The van der Waals surface area contributed by atoms with Gasteiger partial charge in [-0.3, -0.25) is 0 Å². The van der Waals surface area contributed by atoms with Crippen molar-refractivity contribution in [1.82, 2.24) is 15.0 Å². The van der Waals surface area contributed by atoms with E-state index >= 15 is 0 Å². The third-order valence-corrected chi connectivity index (χ3v) is 11.2. The quantitative estimate of drug-likeness (QED) is 0.170. The van der Waals surface area contributed by atoms with Gasteiger partial charge in [-0.25, -0.2) is 19.8 Å². The molecule has 56 heavy (non-hydrogen) atoms. The fourth-order valence-corrected chi connectivity index (χ4v) is 8.63. The maximum atomic E-state index is 7.48. The van der Waals surface area contributed by atoms with Crippen LogP contribution in [0.4, 0.5) is 5.69 Å². The average Bonchev–Trinajstić information content (AvgIpc) is 3.56. The number of nitrogens with zero attached hydrogens (tertiary/aromatic N) is 4. The summed E-state index contributed by atoms with van der Waals surface area (Å²) in [7, 11) is 0. The predicted octanol–water partition coefficient (Wildman–Crippen LogP) is 12.7. The summed E-state index contributed by atoms with van der Waals surface area (Å²) >= 11 is 0. The smallest absolute Gasteiger partial charge is 0.187 e. The van der Waals surface area contributed by atoms with Crippen molar-refractivity contribution in [3.05, 3.63) is 216 Å². The first kappa shape index (κ1) is 31.8. The van der Waals surface area contributed by atoms with Gasteiger partial charge in [-0.05, 0) is 74.5 Å². The van der Waals surface area contributed by atoms with Crippen LogP contribution >= 0.6 is 0 Å². The Labute approximate surface area is 324 Å². The number of aromatic nitrogens is 3. The number of benzene rings is 8. The molecule has 1 spiro atoms. The molecule has 2 aliphatic rings. The van der Waals surface area contributed by atoms with E-state index in [4.69, 9.17) is 26.3 Å². The van der Waals surface area contributed by atoms with Crippen molar-refractivity contribution in [3.8, 4) is 67.9 Å². The van der Waals surface area contributed by atoms with Gasteiger partial charge in [0.1, 0.15) is 11.5 Å². The topological polar surface area (TPSA) is 52.3 Å². The first-order valence-corrected chi connectivity index (χ1v) is 18.6. The van der Waals surface area contributed by atoms with Crippen molar-refractivity contribution < 1.29 is 4.74 Å². The molecule has 1 unspecified atom stereocenters. The Balaban J connectivity index is 1.16. The molecule has 0 radical (unpaired) electrons. The summed E-state index contributed by atoms with van der Waals surface area (Å²) in [5.41, 5.74) is 11.6. The lowest BCUT2D eigenvalue weighted by molar-refractivity contribution is 0.436. The molecule has 0 saturated carbocycles. The Morgan fingerprint density at radius 1 is 0.393 bits per heavy atom. The normalized spacial score (nSPS) is 14.6. The SMILES string of the molecule is [C-]#[N+]c1ccc(-c2ccc3c(c2)C2(c4ccccc4O3)c3ccccc3-c3ccc(-c4nc(-c5ccccc5)nc(-c5ccc6ccccc6c5)n4)cc32)cc1. The van der Waals surface area contributed by atoms with Gasteiger partial charge in [0.2, 0.25) is 0 Å². The van der Waals surface area contributed by atoms with Crippen molar-refractivity contribution in [2.24, 2.45) is 0 Å². The molecule has 11 rings (SSSR count). The second kappa shape index (κ2) is 12.4. The van der Waals surface area contributed by atoms with Gasteiger partial charge in [0.15, 0.2) is 23.2 Å². The van der Waals surface area contributed by atoms with Gasteiger partial charge < -0.3 is 4.74 Å². The Hall–Kier alpha value is -7.68. The third-order valence-electron chi connectivity index (χ3n) is 11.2. The molecule has 0 amide bonds. The maximum absolute atomic E-state index is 7.48. The van der Waals surface area contributed by atoms with Crippen LogP contribution in [-0.2, 0) is 5.41 Å². The first-order valence-electron chi connectivity index (χ1n) is 18.6. The lowest BCUT2D eigenvalue weighted by Gasteiger charge is -2.39. The molecule has 260 valence electrons. The number of hydrogen-bond donors (Lipinski definition) is 0. The van der Waals surface area contributed by atoms with Crippen molar-refractivity contribution in [2.45, 2.75) is 5.41 Å². The summed E-state index contributed by atoms with van der Waals surface area (Å²) in [6.45, 7) is 7.48. The number of rotatable bonds is 4. The van der Waals surface area contributed by atoms with Gasteiger partial charge in [0.25, 0.3) is 0 Å². The zero-order chi connectivity index (χ0) is 37.2. The summed E-state index contributed by atoms with van der Waals surface area (Å²) in [6.07, 6.45) is 0. The van der Waals surface area contributed by atoms with Crippen LogP contribution in [0.5, 0.6) is 11.5 Å². The second-order valence-corrected chi connectivity index (χ2v) is 14.3. The van der Waals surface area contributed by atoms with E-state index in [0.29, 0.717) is 23.2 Å². The van der Waals surface area contributed by atoms with E-state index < -0.39 is 5.41 Å². The Morgan fingerprint density at radius 2 is 0.964 bits per heavy atom. The van der Waals surface area contributed by atoms with E-state index in [-0.39, 0.29) is 0 Å². The highest BCUT2D eigenvalue weighted by Crippen LogP contribution is 2.62. The molecule has 1 aliphatic heterocycles. The molecule has 0 N–H and O–H groups in total. The van der Waals surface area contributed by atoms with E-state index in [1.807, 2.05) is 60.7 Å². The number of ether oxygens (including phenoxy) is 1. The van der Waals surface area contributed by atoms with Gasteiger partial charge in [0, 0.05) is 27.8 Å². The van der Waals surface area contributed by atoms with E-state index in [0.717, 1.165) is 72.3 Å². The van der Waals surface area contributed by atoms with Gasteiger partial charge in [-0.15, -0.1) is 0 Å². The van der Waals surface area contributed by atoms with E-state index in [1.165, 1.54) is 11.1 Å². The summed E-state index contributed by atoms with van der Waals surface area (Å²) < 4.78 is 6.72. The predicted molar refractivity (Wildman–Crippen MR) is 223 cm³/mol. The maximum Gasteiger partial charge on any atom is 0.187 e. The van der Waals surface area contributed by atoms with Gasteiger partial charge >= 0.3 is 0 Å². The lowest BCUT2D eigenvalue weighted by atomic mass is 9.65. The van der Waals surface area contributed by atoms with Crippen LogP contribution in [0.1, 0.15) is 22.3 Å². The van der Waals surface area contributed by atoms with Gasteiger partial charge in [-0.1, -0.05) is 152 Å². The third kappa shape index (κ3) is 4.83. The Morgan fingerprint density at radius 3 is 1.77 bits per heavy atom. The van der Waals surface area contributed by atoms with Crippen molar-refractivity contribution in [3.63, 3.8) is 0 Å². The monoisotopic (exact) mass is 714 g/mol. The van der Waals surface area contributed by atoms with Crippen LogP contribution < -0.4 is 4.74 Å². The summed E-state index contributed by atoms with van der Waals surface area (Å²) in [4.78, 5) is 19.0. The van der Waals surface area contributed by atoms with Crippen molar-refractivity contribution in [1.29, 1.82) is 0 Å². The molecule has 1 aromatic heterocycles. The van der Waals surface area contributed by atoms with Crippen LogP contribution in [-0.4, -0.2) is 15.0 Å². The zero-order valence-corrected chi connectivity index (χ0v) is 30.0. The second-order valence-electron chi connectivity index (χ2n) is 14.3.